The largest absolute Gasteiger partial charge is 0.391 e. The number of benzene rings is 1. The maximum Gasteiger partial charge on any atom is 0.320 e. The van der Waals surface area contributed by atoms with Gasteiger partial charge in [-0.1, -0.05) is 0 Å². The Balaban J connectivity index is 2.17. The summed E-state index contributed by atoms with van der Waals surface area (Å²) in [7, 11) is -3.48. The van der Waals surface area contributed by atoms with Crippen molar-refractivity contribution < 1.29 is 13.9 Å². The Morgan fingerprint density at radius 3 is 2.46 bits per heavy atom. The fourth-order valence-electron chi connectivity index (χ4n) is 1.73. The lowest BCUT2D eigenvalue weighted by molar-refractivity contribution is 0.177. The molecule has 0 saturated carbocycles. The maximum atomic E-state index is 11.4. The molecule has 1 heterocycles. The number of nitrogens with zero attached hydrogens (tertiary/aromatic N) is 2. The second kappa shape index (κ2) is 7.53. The van der Waals surface area contributed by atoms with Gasteiger partial charge in [0.05, 0.1) is 16.6 Å². The van der Waals surface area contributed by atoms with E-state index >= 15 is 0 Å². The fourth-order valence-corrected chi connectivity index (χ4v) is 2.56. The van der Waals surface area contributed by atoms with Crippen LogP contribution in [0.1, 0.15) is 13.8 Å². The Bertz CT molecular complexity index is 751. The number of aliphatic hydroxyl groups excluding tert-OH is 1. The van der Waals surface area contributed by atoms with Gasteiger partial charge in [0, 0.05) is 24.0 Å². The van der Waals surface area contributed by atoms with E-state index in [4.69, 9.17) is 5.14 Å². The van der Waals surface area contributed by atoms with Crippen LogP contribution in [0.4, 0.5) is 17.5 Å². The van der Waals surface area contributed by atoms with Gasteiger partial charge in [-0.05, 0) is 46.1 Å². The second-order valence-electron chi connectivity index (χ2n) is 5.28. The quantitative estimate of drug-likeness (QED) is 0.456. The summed E-state index contributed by atoms with van der Waals surface area (Å²) in [6.07, 6.45) is 1.04. The molecule has 1 aromatic heterocycles. The molecule has 0 aliphatic heterocycles. The topological polar surface area (TPSA) is 133 Å². The van der Waals surface area contributed by atoms with Gasteiger partial charge in [0.2, 0.25) is 10.8 Å². The van der Waals surface area contributed by atoms with E-state index in [1.807, 2.05) is 6.92 Å². The third-order valence-electron chi connectivity index (χ3n) is 3.28. The van der Waals surface area contributed by atoms with E-state index in [0.717, 1.165) is 0 Å². The molecule has 2 rings (SSSR count). The molecule has 0 aliphatic carbocycles. The van der Waals surface area contributed by atoms with Crippen molar-refractivity contribution in [3.8, 4) is 0 Å². The van der Waals surface area contributed by atoms with E-state index in [1.165, 1.54) is 12.1 Å². The molecule has 1 aromatic carbocycles. The van der Waals surface area contributed by atoms with Gasteiger partial charge < -0.3 is 15.7 Å². The monoisotopic (exact) mass is 416 g/mol. The van der Waals surface area contributed by atoms with Crippen molar-refractivity contribution in [2.24, 2.45) is 5.14 Å². The minimum atomic E-state index is -3.48. The Labute approximate surface area is 149 Å². The van der Waals surface area contributed by atoms with E-state index in [2.05, 4.69) is 36.5 Å². The van der Waals surface area contributed by atoms with Crippen molar-refractivity contribution >= 4 is 43.8 Å². The molecule has 3 atom stereocenters. The van der Waals surface area contributed by atoms with E-state index < -0.39 is 16.5 Å². The van der Waals surface area contributed by atoms with Gasteiger partial charge in [0.25, 0.3) is 0 Å². The van der Waals surface area contributed by atoms with E-state index in [-0.39, 0.29) is 10.9 Å². The Kier molecular flexibility index (Phi) is 5.88. The molecule has 2 aromatic rings. The van der Waals surface area contributed by atoms with Gasteiger partial charge in [-0.15, -0.1) is 5.14 Å². The van der Waals surface area contributed by atoms with E-state index in [1.54, 1.807) is 25.3 Å². The van der Waals surface area contributed by atoms with Gasteiger partial charge in [-0.2, -0.15) is 9.54 Å². The number of nitrogens with two attached hydrogens (primary N) is 1. The van der Waals surface area contributed by atoms with Crippen molar-refractivity contribution in [1.29, 1.82) is 0 Å². The van der Waals surface area contributed by atoms with Crippen LogP contribution in [0.25, 0.3) is 0 Å². The number of rotatable bonds is 6. The summed E-state index contributed by atoms with van der Waals surface area (Å²) >= 11 is 3.35. The first-order chi connectivity index (χ1) is 11.2. The molecule has 6 N–H and O–H groups in total. The number of nitrogens with one attached hydrogen (secondary N) is 2. The first-order valence-electron chi connectivity index (χ1n) is 7.05. The zero-order valence-electron chi connectivity index (χ0n) is 13.1. The Morgan fingerprint density at radius 1 is 1.29 bits per heavy atom. The highest BCUT2D eigenvalue weighted by Gasteiger charge is 2.22. The first kappa shape index (κ1) is 18.7. The lowest BCUT2D eigenvalue weighted by Gasteiger charge is -2.18. The van der Waals surface area contributed by atoms with Crippen molar-refractivity contribution in [3.63, 3.8) is 0 Å². The third-order valence-corrected chi connectivity index (χ3v) is 4.81. The van der Waals surface area contributed by atoms with Gasteiger partial charge in [-0.3, -0.25) is 0 Å². The Morgan fingerprint density at radius 2 is 1.92 bits per heavy atom. The fraction of sp³-hybridized carbons (Fsp3) is 0.286. The summed E-state index contributed by atoms with van der Waals surface area (Å²) in [6.45, 7) is 3.52. The predicted molar refractivity (Wildman–Crippen MR) is 97.4 cm³/mol. The number of hydrogen-bond acceptors (Lipinski definition) is 6. The summed E-state index contributed by atoms with van der Waals surface area (Å²) in [4.78, 5) is 8.63. The normalized spacial score (nSPS) is 16.1. The minimum absolute atomic E-state index is 0.137. The highest BCUT2D eigenvalue weighted by atomic mass is 79.9. The molecule has 10 heteroatoms. The molecule has 0 bridgehead atoms. The van der Waals surface area contributed by atoms with Crippen molar-refractivity contribution in [2.75, 3.05) is 10.6 Å². The first-order valence-corrected chi connectivity index (χ1v) is 9.42. The molecular formula is C14H19BrN5O3S+. The molecule has 0 radical (unpaired) electrons. The van der Waals surface area contributed by atoms with Gasteiger partial charge in [0.1, 0.15) is 5.82 Å². The molecule has 130 valence electrons. The smallest absolute Gasteiger partial charge is 0.320 e. The molecule has 0 fully saturated rings. The Hall–Kier alpha value is -1.59. The third kappa shape index (κ3) is 4.95. The van der Waals surface area contributed by atoms with Crippen molar-refractivity contribution in [3.05, 3.63) is 34.9 Å². The van der Waals surface area contributed by atoms with Crippen LogP contribution < -0.4 is 15.8 Å². The van der Waals surface area contributed by atoms with Gasteiger partial charge in [0.15, 0.2) is 0 Å². The molecule has 0 aliphatic rings. The summed E-state index contributed by atoms with van der Waals surface area (Å²) in [5, 5.41) is 20.8. The minimum Gasteiger partial charge on any atom is -0.391 e. The number of hydrogen-bond donors (Lipinski definition) is 5. The molecule has 0 saturated heterocycles. The number of anilines is 3. The van der Waals surface area contributed by atoms with Crippen LogP contribution >= 0.6 is 15.9 Å². The summed E-state index contributed by atoms with van der Waals surface area (Å²) < 4.78 is 21.3. The highest BCUT2D eigenvalue weighted by molar-refractivity contribution is 9.10. The molecular weight excluding hydrogens is 398 g/mol. The zero-order valence-corrected chi connectivity index (χ0v) is 15.5. The standard InChI is InChI=1S/C14H18BrN5O3S/c1-8(9(2)21)18-13-12(15)7-17-14(20-13)19-10-3-5-11(6-4-10)24(16,22)23/h3-9,21H,1-2H3,(H4-,16,17,18,19,20,22,23)/p+1. The highest BCUT2D eigenvalue weighted by Crippen LogP contribution is 2.23. The average molecular weight is 417 g/mol. The zero-order chi connectivity index (χ0) is 17.9. The van der Waals surface area contributed by atoms with Crippen LogP contribution in [0.2, 0.25) is 0 Å². The van der Waals surface area contributed by atoms with Crippen LogP contribution in [0.5, 0.6) is 0 Å². The van der Waals surface area contributed by atoms with Crippen LogP contribution in [-0.2, 0) is 14.6 Å². The molecule has 8 nitrogen and oxygen atoms in total. The van der Waals surface area contributed by atoms with Crippen LogP contribution in [0.3, 0.4) is 0 Å². The number of aromatic nitrogens is 2. The van der Waals surface area contributed by atoms with Crippen molar-refractivity contribution in [2.45, 2.75) is 30.9 Å². The number of halogens is 1. The SMILES string of the molecule is CC(O)C(C)Nc1nc(Nc2ccc([S+](N)(=O)O)cc2)ncc1Br. The maximum absolute atomic E-state index is 11.4. The summed E-state index contributed by atoms with van der Waals surface area (Å²) in [6, 6.07) is 5.94. The summed E-state index contributed by atoms with van der Waals surface area (Å²) in [5.74, 6) is 0.876. The van der Waals surface area contributed by atoms with E-state index in [0.29, 0.717) is 21.9 Å². The molecule has 0 amide bonds. The predicted octanol–water partition coefficient (Wildman–Crippen LogP) is 2.37. The lowest BCUT2D eigenvalue weighted by Crippen LogP contribution is -2.28. The van der Waals surface area contributed by atoms with Crippen LogP contribution in [0, 0.1) is 0 Å². The summed E-state index contributed by atoms with van der Waals surface area (Å²) in [5.41, 5.74) is 0.638. The van der Waals surface area contributed by atoms with Gasteiger partial charge in [-0.25, -0.2) is 4.98 Å². The lowest BCUT2D eigenvalue weighted by atomic mass is 10.2. The van der Waals surface area contributed by atoms with Crippen LogP contribution in [0.15, 0.2) is 39.8 Å². The van der Waals surface area contributed by atoms with Gasteiger partial charge >= 0.3 is 10.4 Å². The molecule has 0 spiro atoms. The van der Waals surface area contributed by atoms with Crippen LogP contribution in [-0.4, -0.2) is 31.8 Å². The van der Waals surface area contributed by atoms with E-state index in [9.17, 15) is 13.9 Å². The second-order valence-corrected chi connectivity index (χ2v) is 7.74. The molecule has 24 heavy (non-hydrogen) atoms. The average Bonchev–Trinajstić information content (AvgIpc) is 2.50. The van der Waals surface area contributed by atoms with Crippen molar-refractivity contribution in [1.82, 2.24) is 9.97 Å². The number of aliphatic hydroxyl groups is 1. The molecule has 3 unspecified atom stereocenters.